The Morgan fingerprint density at radius 2 is 1.75 bits per heavy atom. The summed E-state index contributed by atoms with van der Waals surface area (Å²) in [6.07, 6.45) is 5.53. The van der Waals surface area contributed by atoms with E-state index in [2.05, 4.69) is 27.2 Å². The molecule has 3 rings (SSSR count). The van der Waals surface area contributed by atoms with Crippen molar-refractivity contribution in [3.05, 3.63) is 0 Å². The van der Waals surface area contributed by atoms with Crippen molar-refractivity contribution < 1.29 is 9.47 Å². The number of methoxy groups -OCH3 is 2. The highest BCUT2D eigenvalue weighted by molar-refractivity contribution is 5.29. The molecule has 2 saturated carbocycles. The smallest absolute Gasteiger partial charge is 0.324 e. The molecule has 1 aromatic rings. The van der Waals surface area contributed by atoms with Gasteiger partial charge < -0.3 is 14.8 Å². The van der Waals surface area contributed by atoms with Crippen LogP contribution in [0, 0.1) is 17.8 Å². The van der Waals surface area contributed by atoms with E-state index in [0.29, 0.717) is 12.0 Å². The molecular weight excluding hydrogens is 256 g/mol. The molecule has 2 aliphatic carbocycles. The van der Waals surface area contributed by atoms with E-state index in [0.717, 1.165) is 17.8 Å². The predicted octanol–water partition coefficient (Wildman–Crippen LogP) is 2.13. The summed E-state index contributed by atoms with van der Waals surface area (Å²) in [5.74, 6) is 3.07. The van der Waals surface area contributed by atoms with Crippen LogP contribution in [-0.4, -0.2) is 35.2 Å². The summed E-state index contributed by atoms with van der Waals surface area (Å²) in [6, 6.07) is 0.918. The normalized spacial score (nSPS) is 29.2. The standard InChI is InChI=1S/C14H22N4O2/c1-8(11-7-9-4-5-10(11)6-9)15-12-16-13(19-2)18-14(17-12)20-3/h8-11H,4-7H2,1-3H3,(H,15,16,17,18). The number of anilines is 1. The summed E-state index contributed by atoms with van der Waals surface area (Å²) in [7, 11) is 3.08. The van der Waals surface area contributed by atoms with Gasteiger partial charge in [0.15, 0.2) is 0 Å². The highest BCUT2D eigenvalue weighted by atomic mass is 16.5. The van der Waals surface area contributed by atoms with E-state index in [1.165, 1.54) is 39.9 Å². The Morgan fingerprint density at radius 1 is 1.05 bits per heavy atom. The van der Waals surface area contributed by atoms with Gasteiger partial charge in [0.1, 0.15) is 0 Å². The van der Waals surface area contributed by atoms with Gasteiger partial charge in [0.2, 0.25) is 5.95 Å². The first-order valence-corrected chi connectivity index (χ1v) is 7.30. The maximum atomic E-state index is 5.07. The van der Waals surface area contributed by atoms with Crippen LogP contribution in [0.25, 0.3) is 0 Å². The molecule has 2 fully saturated rings. The molecule has 6 heteroatoms. The van der Waals surface area contributed by atoms with Gasteiger partial charge in [-0.1, -0.05) is 6.42 Å². The van der Waals surface area contributed by atoms with Crippen molar-refractivity contribution in [3.63, 3.8) is 0 Å². The van der Waals surface area contributed by atoms with E-state index in [4.69, 9.17) is 9.47 Å². The molecule has 0 aromatic carbocycles. The quantitative estimate of drug-likeness (QED) is 0.889. The molecule has 110 valence electrons. The van der Waals surface area contributed by atoms with Crippen LogP contribution in [0.4, 0.5) is 5.95 Å². The van der Waals surface area contributed by atoms with Crippen molar-refractivity contribution in [2.45, 2.75) is 38.6 Å². The van der Waals surface area contributed by atoms with Gasteiger partial charge in [-0.15, -0.1) is 4.98 Å². The van der Waals surface area contributed by atoms with Gasteiger partial charge in [-0.25, -0.2) is 0 Å². The summed E-state index contributed by atoms with van der Waals surface area (Å²) in [6.45, 7) is 2.22. The second-order valence-corrected chi connectivity index (χ2v) is 5.90. The zero-order valence-corrected chi connectivity index (χ0v) is 12.3. The minimum absolute atomic E-state index is 0.277. The number of hydrogen-bond donors (Lipinski definition) is 1. The molecule has 2 aliphatic rings. The van der Waals surface area contributed by atoms with Crippen molar-refractivity contribution in [1.82, 2.24) is 15.0 Å². The topological polar surface area (TPSA) is 69.2 Å². The van der Waals surface area contributed by atoms with Crippen LogP contribution in [0.3, 0.4) is 0 Å². The molecule has 2 bridgehead atoms. The molecule has 1 aromatic heterocycles. The predicted molar refractivity (Wildman–Crippen MR) is 75.0 cm³/mol. The van der Waals surface area contributed by atoms with E-state index in [-0.39, 0.29) is 12.0 Å². The molecule has 6 nitrogen and oxygen atoms in total. The lowest BCUT2D eigenvalue weighted by Crippen LogP contribution is -2.30. The Morgan fingerprint density at radius 3 is 2.25 bits per heavy atom. The third-order valence-electron chi connectivity index (χ3n) is 4.75. The molecule has 0 spiro atoms. The molecule has 0 amide bonds. The fraction of sp³-hybridized carbons (Fsp3) is 0.786. The number of aromatic nitrogens is 3. The molecule has 0 saturated heterocycles. The first-order valence-electron chi connectivity index (χ1n) is 7.30. The lowest BCUT2D eigenvalue weighted by Gasteiger charge is -2.28. The maximum absolute atomic E-state index is 5.07. The number of nitrogens with one attached hydrogen (secondary N) is 1. The molecular formula is C14H22N4O2. The molecule has 4 atom stereocenters. The van der Waals surface area contributed by atoms with E-state index in [9.17, 15) is 0 Å². The Kier molecular flexibility index (Phi) is 3.63. The zero-order valence-electron chi connectivity index (χ0n) is 12.3. The molecule has 0 radical (unpaired) electrons. The fourth-order valence-electron chi connectivity index (χ4n) is 3.80. The summed E-state index contributed by atoms with van der Waals surface area (Å²) >= 11 is 0. The molecule has 1 heterocycles. The van der Waals surface area contributed by atoms with E-state index in [1.807, 2.05) is 0 Å². The van der Waals surface area contributed by atoms with Crippen molar-refractivity contribution >= 4 is 5.95 Å². The van der Waals surface area contributed by atoms with Crippen LogP contribution in [0.15, 0.2) is 0 Å². The molecule has 0 aliphatic heterocycles. The molecule has 4 unspecified atom stereocenters. The maximum Gasteiger partial charge on any atom is 0.324 e. The van der Waals surface area contributed by atoms with Gasteiger partial charge in [0, 0.05) is 6.04 Å². The Balaban J connectivity index is 1.70. The van der Waals surface area contributed by atoms with Crippen LogP contribution in [-0.2, 0) is 0 Å². The van der Waals surface area contributed by atoms with E-state index >= 15 is 0 Å². The van der Waals surface area contributed by atoms with Gasteiger partial charge in [-0.2, -0.15) is 9.97 Å². The van der Waals surface area contributed by atoms with Crippen LogP contribution < -0.4 is 14.8 Å². The minimum Gasteiger partial charge on any atom is -0.467 e. The van der Waals surface area contributed by atoms with Crippen molar-refractivity contribution in [3.8, 4) is 12.0 Å². The number of ether oxygens (including phenoxy) is 2. The molecule has 20 heavy (non-hydrogen) atoms. The minimum atomic E-state index is 0.277. The van der Waals surface area contributed by atoms with E-state index in [1.54, 1.807) is 0 Å². The summed E-state index contributed by atoms with van der Waals surface area (Å²) in [5, 5.41) is 3.40. The monoisotopic (exact) mass is 278 g/mol. The lowest BCUT2D eigenvalue weighted by atomic mass is 9.84. The Bertz CT molecular complexity index is 460. The van der Waals surface area contributed by atoms with E-state index < -0.39 is 0 Å². The largest absolute Gasteiger partial charge is 0.467 e. The van der Waals surface area contributed by atoms with Gasteiger partial charge in [-0.3, -0.25) is 0 Å². The highest BCUT2D eigenvalue weighted by Crippen LogP contribution is 2.49. The number of nitrogens with zero attached hydrogens (tertiary/aromatic N) is 3. The highest BCUT2D eigenvalue weighted by Gasteiger charge is 2.41. The Labute approximate surface area is 119 Å². The van der Waals surface area contributed by atoms with Gasteiger partial charge in [0.05, 0.1) is 14.2 Å². The van der Waals surface area contributed by atoms with Crippen molar-refractivity contribution in [1.29, 1.82) is 0 Å². The van der Waals surface area contributed by atoms with Gasteiger partial charge in [0.25, 0.3) is 0 Å². The Hall–Kier alpha value is -1.59. The second kappa shape index (κ2) is 5.42. The number of rotatable bonds is 5. The number of fused-ring (bicyclic) bond motifs is 2. The van der Waals surface area contributed by atoms with Gasteiger partial charge in [-0.05, 0) is 43.9 Å². The van der Waals surface area contributed by atoms with Crippen LogP contribution in [0.1, 0.15) is 32.6 Å². The summed E-state index contributed by atoms with van der Waals surface area (Å²) in [4.78, 5) is 12.5. The second-order valence-electron chi connectivity index (χ2n) is 5.90. The third-order valence-corrected chi connectivity index (χ3v) is 4.75. The van der Waals surface area contributed by atoms with Crippen molar-refractivity contribution in [2.24, 2.45) is 17.8 Å². The summed E-state index contributed by atoms with van der Waals surface area (Å²) < 4.78 is 10.1. The molecule has 1 N–H and O–H groups in total. The fourth-order valence-corrected chi connectivity index (χ4v) is 3.80. The zero-order chi connectivity index (χ0) is 14.1. The van der Waals surface area contributed by atoms with Gasteiger partial charge >= 0.3 is 12.0 Å². The van der Waals surface area contributed by atoms with Crippen LogP contribution in [0.5, 0.6) is 12.0 Å². The van der Waals surface area contributed by atoms with Crippen LogP contribution in [0.2, 0.25) is 0 Å². The average Bonchev–Trinajstić information content (AvgIpc) is 3.09. The first kappa shape index (κ1) is 13.4. The van der Waals surface area contributed by atoms with Crippen LogP contribution >= 0.6 is 0 Å². The lowest BCUT2D eigenvalue weighted by molar-refractivity contribution is 0.302. The first-order chi connectivity index (χ1) is 9.69. The van der Waals surface area contributed by atoms with Crippen molar-refractivity contribution in [2.75, 3.05) is 19.5 Å². The third kappa shape index (κ3) is 2.51. The summed E-state index contributed by atoms with van der Waals surface area (Å²) in [5.41, 5.74) is 0. The number of hydrogen-bond acceptors (Lipinski definition) is 6. The average molecular weight is 278 g/mol. The SMILES string of the molecule is COc1nc(NC(C)C2CC3CCC2C3)nc(OC)n1.